The van der Waals surface area contributed by atoms with Crippen LogP contribution in [0.15, 0.2) is 0 Å². The minimum atomic E-state index is -0.759. The normalized spacial score (nSPS) is 6.17. The molecule has 0 aromatic rings. The van der Waals surface area contributed by atoms with Crippen LogP contribution in [0.4, 0.5) is 0 Å². The van der Waals surface area contributed by atoms with Gasteiger partial charge in [-0.15, -0.1) is 0 Å². The second-order valence-corrected chi connectivity index (χ2v) is 1.29. The van der Waals surface area contributed by atoms with Gasteiger partial charge in [-0.2, -0.15) is 0 Å². The van der Waals surface area contributed by atoms with Gasteiger partial charge in [-0.1, -0.05) is 22.6 Å². The molecule has 6 heavy (non-hydrogen) atoms. The Bertz CT molecular complexity index is 46.8. The first-order chi connectivity index (χ1) is 2.27. The molecule has 0 aliphatic carbocycles. The van der Waals surface area contributed by atoms with Crippen LogP contribution in [0.3, 0.4) is 0 Å². The molecule has 0 heterocycles. The second kappa shape index (κ2) is 6.84. The fraction of sp³-hybridized carbons (Fsp3) is 0.500. The number of hydrogen-bond acceptors (Lipinski definition) is 1. The zero-order chi connectivity index (χ0) is 4.28. The third kappa shape index (κ3) is 9.28. The van der Waals surface area contributed by atoms with E-state index in [0.717, 1.165) is 0 Å². The van der Waals surface area contributed by atoms with Gasteiger partial charge in [0.15, 0.2) is 0 Å². The molecule has 0 aliphatic rings. The summed E-state index contributed by atoms with van der Waals surface area (Å²) in [6.07, 6.45) is 0. The van der Waals surface area contributed by atoms with Gasteiger partial charge in [0.2, 0.25) is 0 Å². The number of carboxylic acid groups (broad SMARTS) is 1. The molecule has 0 bridgehead atoms. The Kier molecular flexibility index (Phi) is 12.3. The van der Waals surface area contributed by atoms with Gasteiger partial charge in [-0.05, 0) is 0 Å². The van der Waals surface area contributed by atoms with Gasteiger partial charge in [0.1, 0.15) is 0 Å². The number of carbonyl (C=O) groups is 1. The molecular formula is C2H3IKO2. The average molecular weight is 225 g/mol. The molecule has 4 heteroatoms. The van der Waals surface area contributed by atoms with Crippen molar-refractivity contribution in [1.82, 2.24) is 0 Å². The molecule has 0 amide bonds. The van der Waals surface area contributed by atoms with E-state index in [9.17, 15) is 4.79 Å². The van der Waals surface area contributed by atoms with Crippen molar-refractivity contribution >= 4 is 79.9 Å². The first-order valence-electron chi connectivity index (χ1n) is 1.05. The molecule has 0 atom stereocenters. The Balaban J connectivity index is 0. The monoisotopic (exact) mass is 225 g/mol. The number of aliphatic carboxylic acids is 1. The van der Waals surface area contributed by atoms with Gasteiger partial charge < -0.3 is 5.11 Å². The van der Waals surface area contributed by atoms with E-state index in [2.05, 4.69) is 0 Å². The quantitative estimate of drug-likeness (QED) is 0.391. The minimum Gasteiger partial charge on any atom is -0.481 e. The Morgan fingerprint density at radius 1 is 1.83 bits per heavy atom. The van der Waals surface area contributed by atoms with Crippen molar-refractivity contribution in [3.8, 4) is 0 Å². The molecule has 0 aromatic carbocycles. The third-order valence-electron chi connectivity index (χ3n) is 0.114. The standard InChI is InChI=1S/C2H3IO2.K/c3-1-2(4)5;/h1H2,(H,4,5);. The van der Waals surface area contributed by atoms with Gasteiger partial charge in [-0.3, -0.25) is 4.79 Å². The molecule has 1 N–H and O–H groups in total. The third-order valence-corrected chi connectivity index (χ3v) is 0.767. The van der Waals surface area contributed by atoms with E-state index in [0.29, 0.717) is 0 Å². The molecule has 31 valence electrons. The van der Waals surface area contributed by atoms with Crippen LogP contribution in [-0.4, -0.2) is 66.9 Å². The molecule has 0 unspecified atom stereocenters. The number of halogens is 1. The summed E-state index contributed by atoms with van der Waals surface area (Å²) < 4.78 is 0.192. The molecule has 2 nitrogen and oxygen atoms in total. The van der Waals surface area contributed by atoms with Crippen LogP contribution in [0.25, 0.3) is 0 Å². The molecule has 0 saturated carbocycles. The minimum absolute atomic E-state index is 0. The van der Waals surface area contributed by atoms with E-state index in [1.54, 1.807) is 22.6 Å². The zero-order valence-electron chi connectivity index (χ0n) is 3.44. The van der Waals surface area contributed by atoms with Crippen LogP contribution >= 0.6 is 22.6 Å². The first kappa shape index (κ1) is 10.8. The van der Waals surface area contributed by atoms with E-state index in [1.165, 1.54) is 0 Å². The van der Waals surface area contributed by atoms with Gasteiger partial charge in [0.25, 0.3) is 0 Å². The maximum atomic E-state index is 9.36. The van der Waals surface area contributed by atoms with Crippen molar-refractivity contribution in [2.24, 2.45) is 0 Å². The van der Waals surface area contributed by atoms with Crippen LogP contribution in [-0.2, 0) is 4.79 Å². The van der Waals surface area contributed by atoms with Crippen molar-refractivity contribution in [3.63, 3.8) is 0 Å². The molecular weight excluding hydrogens is 222 g/mol. The molecule has 0 spiro atoms. The summed E-state index contributed by atoms with van der Waals surface area (Å²) in [6.45, 7) is 0. The van der Waals surface area contributed by atoms with Gasteiger partial charge in [0.05, 0.1) is 4.43 Å². The average Bonchev–Trinajstić information content (AvgIpc) is 1.38. The summed E-state index contributed by atoms with van der Waals surface area (Å²) in [5.74, 6) is -0.759. The Morgan fingerprint density at radius 2 is 2.00 bits per heavy atom. The summed E-state index contributed by atoms with van der Waals surface area (Å²) in [4.78, 5) is 9.36. The van der Waals surface area contributed by atoms with E-state index >= 15 is 0 Å². The van der Waals surface area contributed by atoms with Crippen LogP contribution in [0.1, 0.15) is 0 Å². The van der Waals surface area contributed by atoms with Crippen molar-refractivity contribution in [2.75, 3.05) is 4.43 Å². The second-order valence-electron chi connectivity index (χ2n) is 0.527. The zero-order valence-corrected chi connectivity index (χ0v) is 8.72. The van der Waals surface area contributed by atoms with Crippen molar-refractivity contribution in [3.05, 3.63) is 0 Å². The summed E-state index contributed by atoms with van der Waals surface area (Å²) in [7, 11) is 0. The maximum absolute atomic E-state index is 9.36. The van der Waals surface area contributed by atoms with Crippen LogP contribution < -0.4 is 0 Å². The summed E-state index contributed by atoms with van der Waals surface area (Å²) in [5.41, 5.74) is 0. The number of carboxylic acids is 1. The summed E-state index contributed by atoms with van der Waals surface area (Å²) in [6, 6.07) is 0. The van der Waals surface area contributed by atoms with Crippen LogP contribution in [0, 0.1) is 0 Å². The van der Waals surface area contributed by atoms with E-state index < -0.39 is 5.97 Å². The number of alkyl halides is 1. The predicted molar refractivity (Wildman–Crippen MR) is 32.3 cm³/mol. The number of hydrogen-bond donors (Lipinski definition) is 1. The van der Waals surface area contributed by atoms with Crippen molar-refractivity contribution < 1.29 is 9.90 Å². The fourth-order valence-electron chi connectivity index (χ4n) is 0. The predicted octanol–water partition coefficient (Wildman–Crippen LogP) is 0.125. The van der Waals surface area contributed by atoms with Crippen molar-refractivity contribution in [1.29, 1.82) is 0 Å². The van der Waals surface area contributed by atoms with E-state index in [1.807, 2.05) is 0 Å². The first-order valence-corrected chi connectivity index (χ1v) is 2.57. The smallest absolute Gasteiger partial charge is 0.313 e. The molecule has 1 radical (unpaired) electrons. The Labute approximate surface area is 92.2 Å². The van der Waals surface area contributed by atoms with Crippen LogP contribution in [0.2, 0.25) is 0 Å². The van der Waals surface area contributed by atoms with Gasteiger partial charge in [0, 0.05) is 51.4 Å². The van der Waals surface area contributed by atoms with Gasteiger partial charge >= 0.3 is 5.97 Å². The maximum Gasteiger partial charge on any atom is 0.313 e. The number of rotatable bonds is 1. The Hall–Kier alpha value is 1.84. The summed E-state index contributed by atoms with van der Waals surface area (Å²) >= 11 is 1.78. The molecule has 0 rings (SSSR count). The van der Waals surface area contributed by atoms with Gasteiger partial charge in [-0.25, -0.2) is 0 Å². The molecule has 0 aromatic heterocycles. The van der Waals surface area contributed by atoms with E-state index in [-0.39, 0.29) is 55.8 Å². The van der Waals surface area contributed by atoms with Crippen LogP contribution in [0.5, 0.6) is 0 Å². The van der Waals surface area contributed by atoms with Crippen molar-refractivity contribution in [2.45, 2.75) is 0 Å². The Morgan fingerprint density at radius 3 is 2.00 bits per heavy atom. The SMILES string of the molecule is O=C(O)CI.[K]. The van der Waals surface area contributed by atoms with E-state index in [4.69, 9.17) is 5.11 Å². The molecule has 0 fully saturated rings. The topological polar surface area (TPSA) is 37.3 Å². The fourth-order valence-corrected chi connectivity index (χ4v) is 0. The molecule has 0 aliphatic heterocycles. The molecule has 0 saturated heterocycles. The summed E-state index contributed by atoms with van der Waals surface area (Å²) in [5, 5.41) is 7.71. The largest absolute Gasteiger partial charge is 0.481 e.